The van der Waals surface area contributed by atoms with Gasteiger partial charge in [0.25, 0.3) is 0 Å². The van der Waals surface area contributed by atoms with Crippen LogP contribution in [-0.4, -0.2) is 23.8 Å². The Balaban J connectivity index is 2.00. The van der Waals surface area contributed by atoms with E-state index in [1.807, 2.05) is 35.2 Å². The second-order valence-corrected chi connectivity index (χ2v) is 5.14. The monoisotopic (exact) mass is 299 g/mol. The van der Waals surface area contributed by atoms with Crippen molar-refractivity contribution in [1.82, 2.24) is 0 Å². The molecule has 0 saturated carbocycles. The number of nitrogens with one attached hydrogen (secondary N) is 1. The van der Waals surface area contributed by atoms with Crippen LogP contribution in [0.4, 0.5) is 11.4 Å². The van der Waals surface area contributed by atoms with Gasteiger partial charge in [-0.25, -0.2) is 0 Å². The van der Waals surface area contributed by atoms with Gasteiger partial charge in [-0.05, 0) is 23.8 Å². The number of hydrogen-bond donors (Lipinski definition) is 3. The van der Waals surface area contributed by atoms with Crippen molar-refractivity contribution in [3.05, 3.63) is 54.1 Å². The van der Waals surface area contributed by atoms with Crippen LogP contribution < -0.4 is 20.9 Å². The molecule has 2 aromatic carbocycles. The van der Waals surface area contributed by atoms with Crippen LogP contribution in [0.15, 0.2) is 48.5 Å². The lowest BCUT2D eigenvalue weighted by Gasteiger charge is -2.37. The van der Waals surface area contributed by atoms with Crippen LogP contribution >= 0.6 is 0 Å². The minimum absolute atomic E-state index is 0.209. The maximum absolute atomic E-state index is 11.8. The van der Waals surface area contributed by atoms with Gasteiger partial charge < -0.3 is 15.4 Å². The number of fused-ring (bicyclic) bond motifs is 1. The van der Waals surface area contributed by atoms with Gasteiger partial charge in [-0.2, -0.15) is 0 Å². The Labute approximate surface area is 128 Å². The number of ether oxygens (including phenoxy) is 1. The molecule has 0 aromatic heterocycles. The molecule has 0 saturated heterocycles. The first-order valence-electron chi connectivity index (χ1n) is 6.96. The molecule has 1 heterocycles. The van der Waals surface area contributed by atoms with Crippen LogP contribution in [0.1, 0.15) is 5.56 Å². The second-order valence-electron chi connectivity index (χ2n) is 5.14. The first kappa shape index (κ1) is 14.2. The zero-order valence-electron chi connectivity index (χ0n) is 11.9. The van der Waals surface area contributed by atoms with Gasteiger partial charge in [-0.15, -0.1) is 0 Å². The summed E-state index contributed by atoms with van der Waals surface area (Å²) in [6.45, 7) is 0.737. The van der Waals surface area contributed by atoms with E-state index < -0.39 is 11.9 Å². The fourth-order valence-electron chi connectivity index (χ4n) is 2.57. The topological polar surface area (TPSA) is 87.8 Å². The number of carbonyl (C=O) groups is 1. The highest BCUT2D eigenvalue weighted by Crippen LogP contribution is 2.37. The molecule has 1 unspecified atom stereocenters. The van der Waals surface area contributed by atoms with Crippen LogP contribution in [0.2, 0.25) is 0 Å². The standard InChI is InChI=1S/C16H17N3O3/c17-16(20)14-10-22-15-7-6-12(18-21)8-13(15)19(14)9-11-4-2-1-3-5-11/h1-8,14,18,21H,9-10H2,(H2,17,20). The van der Waals surface area contributed by atoms with Crippen LogP contribution in [-0.2, 0) is 11.3 Å². The molecule has 1 atom stereocenters. The summed E-state index contributed by atoms with van der Waals surface area (Å²) in [5, 5.41) is 9.09. The van der Waals surface area contributed by atoms with E-state index in [0.29, 0.717) is 18.0 Å². The van der Waals surface area contributed by atoms with Crippen LogP contribution in [0.5, 0.6) is 5.75 Å². The van der Waals surface area contributed by atoms with Crippen molar-refractivity contribution in [1.29, 1.82) is 0 Å². The van der Waals surface area contributed by atoms with Crippen molar-refractivity contribution < 1.29 is 14.7 Å². The second kappa shape index (κ2) is 5.95. The maximum atomic E-state index is 11.8. The van der Waals surface area contributed by atoms with Crippen LogP contribution in [0, 0.1) is 0 Å². The first-order chi connectivity index (χ1) is 10.7. The lowest BCUT2D eigenvalue weighted by Crippen LogP contribution is -2.50. The number of benzene rings is 2. The molecule has 1 amide bonds. The summed E-state index contributed by atoms with van der Waals surface area (Å²) in [7, 11) is 0. The van der Waals surface area contributed by atoms with Gasteiger partial charge in [-0.1, -0.05) is 30.3 Å². The van der Waals surface area contributed by atoms with E-state index in [2.05, 4.69) is 5.48 Å². The molecule has 22 heavy (non-hydrogen) atoms. The van der Waals surface area contributed by atoms with Crippen LogP contribution in [0.25, 0.3) is 0 Å². The number of hydrogen-bond acceptors (Lipinski definition) is 5. The van der Waals surface area contributed by atoms with Crippen LogP contribution in [0.3, 0.4) is 0 Å². The van der Waals surface area contributed by atoms with Gasteiger partial charge in [0, 0.05) is 6.54 Å². The Morgan fingerprint density at radius 3 is 2.77 bits per heavy atom. The first-order valence-corrected chi connectivity index (χ1v) is 6.96. The van der Waals surface area contributed by atoms with E-state index in [-0.39, 0.29) is 6.61 Å². The largest absolute Gasteiger partial charge is 0.489 e. The molecule has 6 heteroatoms. The maximum Gasteiger partial charge on any atom is 0.243 e. The van der Waals surface area contributed by atoms with Gasteiger partial charge in [0.05, 0.1) is 11.4 Å². The van der Waals surface area contributed by atoms with E-state index in [4.69, 9.17) is 15.7 Å². The molecule has 0 radical (unpaired) electrons. The van der Waals surface area contributed by atoms with E-state index in [9.17, 15) is 4.79 Å². The molecule has 0 spiro atoms. The summed E-state index contributed by atoms with van der Waals surface area (Å²) < 4.78 is 5.61. The summed E-state index contributed by atoms with van der Waals surface area (Å²) in [4.78, 5) is 13.7. The molecular formula is C16H17N3O3. The van der Waals surface area contributed by atoms with Gasteiger partial charge in [-0.3, -0.25) is 15.5 Å². The number of carbonyl (C=O) groups excluding carboxylic acids is 1. The molecule has 0 aliphatic carbocycles. The molecular weight excluding hydrogens is 282 g/mol. The van der Waals surface area contributed by atoms with Gasteiger partial charge >= 0.3 is 0 Å². The number of primary amides is 1. The number of rotatable bonds is 4. The van der Waals surface area contributed by atoms with Crippen molar-refractivity contribution in [3.8, 4) is 5.75 Å². The fraction of sp³-hybridized carbons (Fsp3) is 0.188. The smallest absolute Gasteiger partial charge is 0.243 e. The third-order valence-corrected chi connectivity index (χ3v) is 3.69. The molecule has 1 aliphatic heterocycles. The summed E-state index contributed by atoms with van der Waals surface area (Å²) in [6, 6.07) is 14.4. The minimum atomic E-state index is -0.554. The molecule has 4 N–H and O–H groups in total. The Hall–Kier alpha value is -2.73. The average Bonchev–Trinajstić information content (AvgIpc) is 2.55. The predicted octanol–water partition coefficient (Wildman–Crippen LogP) is 1.74. The van der Waals surface area contributed by atoms with E-state index >= 15 is 0 Å². The number of anilines is 2. The quantitative estimate of drug-likeness (QED) is 0.748. The third-order valence-electron chi connectivity index (χ3n) is 3.69. The molecule has 6 nitrogen and oxygen atoms in total. The fourth-order valence-corrected chi connectivity index (χ4v) is 2.57. The Bertz CT molecular complexity index is 676. The van der Waals surface area contributed by atoms with Crippen molar-refractivity contribution in [2.24, 2.45) is 5.73 Å². The number of nitrogens with zero attached hydrogens (tertiary/aromatic N) is 1. The molecule has 2 aromatic rings. The highest BCUT2D eigenvalue weighted by molar-refractivity contribution is 5.86. The summed E-state index contributed by atoms with van der Waals surface area (Å²) in [5.74, 6) is 0.219. The highest BCUT2D eigenvalue weighted by atomic mass is 16.5. The zero-order valence-corrected chi connectivity index (χ0v) is 11.9. The highest BCUT2D eigenvalue weighted by Gasteiger charge is 2.31. The van der Waals surface area contributed by atoms with Gasteiger partial charge in [0.15, 0.2) is 0 Å². The van der Waals surface area contributed by atoms with Gasteiger partial charge in [0.1, 0.15) is 18.4 Å². The Morgan fingerprint density at radius 1 is 1.32 bits per heavy atom. The third kappa shape index (κ3) is 2.68. The zero-order chi connectivity index (χ0) is 15.5. The molecule has 114 valence electrons. The summed E-state index contributed by atoms with van der Waals surface area (Å²) in [6.07, 6.45) is 0. The molecule has 3 rings (SSSR count). The SMILES string of the molecule is NC(=O)C1COc2ccc(NO)cc2N1Cc1ccccc1. The van der Waals surface area contributed by atoms with Gasteiger partial charge in [0.2, 0.25) is 5.91 Å². The number of amides is 1. The molecule has 0 bridgehead atoms. The predicted molar refractivity (Wildman–Crippen MR) is 83.0 cm³/mol. The molecule has 1 aliphatic rings. The number of nitrogens with two attached hydrogens (primary N) is 1. The lowest BCUT2D eigenvalue weighted by atomic mass is 10.1. The van der Waals surface area contributed by atoms with Crippen molar-refractivity contribution >= 4 is 17.3 Å². The Morgan fingerprint density at radius 2 is 2.09 bits per heavy atom. The summed E-state index contributed by atoms with van der Waals surface area (Å²) >= 11 is 0. The van der Waals surface area contributed by atoms with E-state index in [1.54, 1.807) is 18.2 Å². The normalized spacial score (nSPS) is 16.6. The average molecular weight is 299 g/mol. The lowest BCUT2D eigenvalue weighted by molar-refractivity contribution is -0.120. The van der Waals surface area contributed by atoms with E-state index in [0.717, 1.165) is 11.3 Å². The van der Waals surface area contributed by atoms with Crippen molar-refractivity contribution in [2.75, 3.05) is 17.0 Å². The Kier molecular flexibility index (Phi) is 3.84. The summed E-state index contributed by atoms with van der Waals surface area (Å²) in [5.41, 5.74) is 9.92. The molecule has 0 fully saturated rings. The van der Waals surface area contributed by atoms with Crippen molar-refractivity contribution in [3.63, 3.8) is 0 Å². The minimum Gasteiger partial charge on any atom is -0.489 e. The van der Waals surface area contributed by atoms with Crippen molar-refractivity contribution in [2.45, 2.75) is 12.6 Å². The van der Waals surface area contributed by atoms with E-state index in [1.165, 1.54) is 0 Å².